The molecule has 0 unspecified atom stereocenters. The number of rotatable bonds is 1. The summed E-state index contributed by atoms with van der Waals surface area (Å²) in [6.45, 7) is 2.03. The largest absolute Gasteiger partial charge is 0.495 e. The normalized spacial score (nSPS) is 9.93. The van der Waals surface area contributed by atoms with E-state index in [1.54, 1.807) is 13.2 Å². The van der Waals surface area contributed by atoms with Crippen molar-refractivity contribution in [2.45, 2.75) is 6.92 Å². The van der Waals surface area contributed by atoms with Crippen molar-refractivity contribution >= 4 is 10.8 Å². The monoisotopic (exact) mass is 197 g/mol. The molecular weight excluding hydrogens is 186 g/mol. The number of methoxy groups -OCH3 is 1. The lowest BCUT2D eigenvalue weighted by molar-refractivity contribution is 0.418. The van der Waals surface area contributed by atoms with Gasteiger partial charge in [0.25, 0.3) is 0 Å². The van der Waals surface area contributed by atoms with Gasteiger partial charge in [-0.3, -0.25) is 0 Å². The van der Waals surface area contributed by atoms with Crippen molar-refractivity contribution in [2.24, 2.45) is 0 Å². The van der Waals surface area contributed by atoms with Gasteiger partial charge in [0.1, 0.15) is 11.8 Å². The first-order valence-electron chi connectivity index (χ1n) is 4.73. The third-order valence-corrected chi connectivity index (χ3v) is 2.45. The molecule has 2 aromatic carbocycles. The van der Waals surface area contributed by atoms with E-state index < -0.39 is 0 Å². The van der Waals surface area contributed by atoms with E-state index in [0.29, 0.717) is 11.3 Å². The van der Waals surface area contributed by atoms with E-state index in [9.17, 15) is 0 Å². The van der Waals surface area contributed by atoms with Crippen LogP contribution in [0.2, 0.25) is 0 Å². The van der Waals surface area contributed by atoms with Crippen LogP contribution in [0.5, 0.6) is 5.75 Å². The second-order valence-electron chi connectivity index (χ2n) is 3.48. The third kappa shape index (κ3) is 1.53. The first-order chi connectivity index (χ1) is 7.26. The maximum absolute atomic E-state index is 8.95. The Bertz CT molecular complexity index is 552. The molecule has 0 saturated heterocycles. The van der Waals surface area contributed by atoms with E-state index >= 15 is 0 Å². The van der Waals surface area contributed by atoms with Crippen LogP contribution in [0.4, 0.5) is 0 Å². The van der Waals surface area contributed by atoms with Crippen LogP contribution in [-0.4, -0.2) is 7.11 Å². The molecule has 0 atom stereocenters. The molecule has 2 nitrogen and oxygen atoms in total. The van der Waals surface area contributed by atoms with E-state index in [1.165, 1.54) is 0 Å². The van der Waals surface area contributed by atoms with Gasteiger partial charge in [0.05, 0.1) is 12.7 Å². The minimum atomic E-state index is 0.579. The lowest BCUT2D eigenvalue weighted by atomic mass is 10.0. The molecule has 0 aliphatic carbocycles. The molecule has 0 fully saturated rings. The van der Waals surface area contributed by atoms with Gasteiger partial charge in [-0.1, -0.05) is 23.8 Å². The van der Waals surface area contributed by atoms with Crippen LogP contribution < -0.4 is 4.74 Å². The molecule has 0 bridgehead atoms. The van der Waals surface area contributed by atoms with Crippen LogP contribution in [0.1, 0.15) is 11.1 Å². The molecule has 0 N–H and O–H groups in total. The molecule has 0 aliphatic rings. The summed E-state index contributed by atoms with van der Waals surface area (Å²) in [5, 5.41) is 11.0. The smallest absolute Gasteiger partial charge is 0.144 e. The Morgan fingerprint density at radius 3 is 2.60 bits per heavy atom. The molecule has 0 heterocycles. The Morgan fingerprint density at radius 1 is 1.20 bits per heavy atom. The van der Waals surface area contributed by atoms with Crippen molar-refractivity contribution in [3.63, 3.8) is 0 Å². The van der Waals surface area contributed by atoms with Crippen molar-refractivity contribution < 1.29 is 4.74 Å². The number of fused-ring (bicyclic) bond motifs is 1. The van der Waals surface area contributed by atoms with Crippen LogP contribution in [-0.2, 0) is 0 Å². The Balaban J connectivity index is 2.86. The molecule has 74 valence electrons. The van der Waals surface area contributed by atoms with E-state index in [2.05, 4.69) is 6.07 Å². The molecule has 2 aromatic rings. The van der Waals surface area contributed by atoms with Crippen LogP contribution in [0.15, 0.2) is 30.3 Å². The van der Waals surface area contributed by atoms with E-state index in [-0.39, 0.29) is 0 Å². The summed E-state index contributed by atoms with van der Waals surface area (Å²) >= 11 is 0. The minimum absolute atomic E-state index is 0.579. The van der Waals surface area contributed by atoms with Crippen LogP contribution in [0.25, 0.3) is 10.8 Å². The number of hydrogen-bond acceptors (Lipinski definition) is 2. The van der Waals surface area contributed by atoms with Crippen LogP contribution >= 0.6 is 0 Å². The zero-order valence-electron chi connectivity index (χ0n) is 8.74. The third-order valence-electron chi connectivity index (χ3n) is 2.45. The maximum Gasteiger partial charge on any atom is 0.144 e. The highest BCUT2D eigenvalue weighted by molar-refractivity contribution is 5.91. The zero-order valence-corrected chi connectivity index (χ0v) is 8.74. The fraction of sp³-hybridized carbons (Fsp3) is 0.154. The van der Waals surface area contributed by atoms with Crippen molar-refractivity contribution in [3.05, 3.63) is 41.5 Å². The summed E-state index contributed by atoms with van der Waals surface area (Å²) < 4.78 is 5.28. The summed E-state index contributed by atoms with van der Waals surface area (Å²) in [6.07, 6.45) is 0. The first kappa shape index (κ1) is 9.54. The van der Waals surface area contributed by atoms with Crippen molar-refractivity contribution in [1.82, 2.24) is 0 Å². The van der Waals surface area contributed by atoms with Crippen molar-refractivity contribution in [3.8, 4) is 11.8 Å². The lowest BCUT2D eigenvalue weighted by Crippen LogP contribution is -1.89. The Hall–Kier alpha value is -2.01. The molecule has 15 heavy (non-hydrogen) atoms. The van der Waals surface area contributed by atoms with Gasteiger partial charge < -0.3 is 4.74 Å². The highest BCUT2D eigenvalue weighted by Crippen LogP contribution is 2.29. The number of nitrogens with zero attached hydrogens (tertiary/aromatic N) is 1. The van der Waals surface area contributed by atoms with Crippen molar-refractivity contribution in [2.75, 3.05) is 7.11 Å². The molecule has 2 rings (SSSR count). The predicted octanol–water partition coefficient (Wildman–Crippen LogP) is 3.03. The fourth-order valence-electron chi connectivity index (χ4n) is 1.71. The topological polar surface area (TPSA) is 33.0 Å². The first-order valence-corrected chi connectivity index (χ1v) is 4.73. The second-order valence-corrected chi connectivity index (χ2v) is 3.48. The minimum Gasteiger partial charge on any atom is -0.495 e. The summed E-state index contributed by atoms with van der Waals surface area (Å²) in [6, 6.07) is 12.0. The summed E-state index contributed by atoms with van der Waals surface area (Å²) in [7, 11) is 1.60. The number of aryl methyl sites for hydroxylation is 1. The fourth-order valence-corrected chi connectivity index (χ4v) is 1.71. The van der Waals surface area contributed by atoms with Gasteiger partial charge in [0.2, 0.25) is 0 Å². The predicted molar refractivity (Wildman–Crippen MR) is 60.0 cm³/mol. The van der Waals surface area contributed by atoms with Crippen molar-refractivity contribution in [1.29, 1.82) is 5.26 Å². The molecule has 0 aromatic heterocycles. The number of benzene rings is 2. The van der Waals surface area contributed by atoms with E-state index in [4.69, 9.17) is 10.00 Å². The molecule has 0 radical (unpaired) electrons. The Kier molecular flexibility index (Phi) is 2.31. The van der Waals surface area contributed by atoms with Gasteiger partial charge in [-0.2, -0.15) is 5.26 Å². The van der Waals surface area contributed by atoms with Gasteiger partial charge in [-0.05, 0) is 24.4 Å². The highest BCUT2D eigenvalue weighted by Gasteiger charge is 2.07. The molecule has 0 spiro atoms. The average molecular weight is 197 g/mol. The number of hydrogen-bond donors (Lipinski definition) is 0. The molecule has 0 aliphatic heterocycles. The van der Waals surface area contributed by atoms with Gasteiger partial charge in [-0.15, -0.1) is 0 Å². The van der Waals surface area contributed by atoms with Gasteiger partial charge >= 0.3 is 0 Å². The van der Waals surface area contributed by atoms with Crippen LogP contribution in [0.3, 0.4) is 0 Å². The van der Waals surface area contributed by atoms with Gasteiger partial charge in [-0.25, -0.2) is 0 Å². The number of nitriles is 1. The Morgan fingerprint density at radius 2 is 1.93 bits per heavy atom. The average Bonchev–Trinajstić information content (AvgIpc) is 2.27. The lowest BCUT2D eigenvalue weighted by Gasteiger charge is -2.07. The SMILES string of the molecule is COc1c(C#N)ccc2ccc(C)cc12. The summed E-state index contributed by atoms with van der Waals surface area (Å²) in [5.41, 5.74) is 1.74. The molecule has 0 saturated carbocycles. The highest BCUT2D eigenvalue weighted by atomic mass is 16.5. The Labute approximate surface area is 88.7 Å². The molecular formula is C13H11NO. The van der Waals surface area contributed by atoms with E-state index in [1.807, 2.05) is 31.2 Å². The number of ether oxygens (including phenoxy) is 1. The van der Waals surface area contributed by atoms with Gasteiger partial charge in [0, 0.05) is 5.39 Å². The van der Waals surface area contributed by atoms with E-state index in [0.717, 1.165) is 16.3 Å². The standard InChI is InChI=1S/C13H11NO/c1-9-3-4-10-5-6-11(8-14)13(15-2)12(10)7-9/h3-7H,1-2H3. The molecule has 0 amide bonds. The maximum atomic E-state index is 8.95. The van der Waals surface area contributed by atoms with Crippen LogP contribution in [0, 0.1) is 18.3 Å². The van der Waals surface area contributed by atoms with Gasteiger partial charge in [0.15, 0.2) is 0 Å². The summed E-state index contributed by atoms with van der Waals surface area (Å²) in [4.78, 5) is 0. The zero-order chi connectivity index (χ0) is 10.8. The second kappa shape index (κ2) is 3.62. The molecule has 2 heteroatoms. The quantitative estimate of drug-likeness (QED) is 0.704. The summed E-state index contributed by atoms with van der Waals surface area (Å²) in [5.74, 6) is 0.665.